The number of hydrazone groups is 2. The lowest BCUT2D eigenvalue weighted by molar-refractivity contribution is -0.869. The third-order valence-corrected chi connectivity index (χ3v) is 3.00. The van der Waals surface area contributed by atoms with Gasteiger partial charge in [-0.05, 0) is 38.3 Å². The molecule has 9 heteroatoms. The summed E-state index contributed by atoms with van der Waals surface area (Å²) in [6.45, 7) is 5.43. The average molecular weight is 333 g/mol. The van der Waals surface area contributed by atoms with Gasteiger partial charge in [0, 0.05) is 7.05 Å². The van der Waals surface area contributed by atoms with Crippen molar-refractivity contribution in [3.05, 3.63) is 0 Å². The first-order valence-corrected chi connectivity index (χ1v) is 7.38. The summed E-state index contributed by atoms with van der Waals surface area (Å²) in [6, 6.07) is 0. The molecule has 0 aliphatic heterocycles. The van der Waals surface area contributed by atoms with Crippen molar-refractivity contribution in [3.8, 4) is 0 Å². The van der Waals surface area contributed by atoms with Crippen molar-refractivity contribution in [3.63, 3.8) is 0 Å². The highest BCUT2D eigenvalue weighted by atomic mass is 32.1. The molecule has 0 heterocycles. The van der Waals surface area contributed by atoms with E-state index in [4.69, 9.17) is 24.4 Å². The van der Waals surface area contributed by atoms with Gasteiger partial charge in [-0.15, -0.1) is 0 Å². The van der Waals surface area contributed by atoms with Gasteiger partial charge in [-0.1, -0.05) is 0 Å². The standard InChI is InChI=1S/C12H25N7S2/c1-9(15-17-11(20)13-3)10(2)16-18-12(21)14-7-8-19(4,5)6/h7-8H2,1-6H3,(H3-,13,14,15,16,17,18,20,21)/p+1. The zero-order valence-corrected chi connectivity index (χ0v) is 15.2. The highest BCUT2D eigenvalue weighted by Gasteiger charge is 2.06. The molecular weight excluding hydrogens is 306 g/mol. The highest BCUT2D eigenvalue weighted by molar-refractivity contribution is 7.80. The molecule has 0 radical (unpaired) electrons. The van der Waals surface area contributed by atoms with E-state index in [0.29, 0.717) is 15.9 Å². The fourth-order valence-electron chi connectivity index (χ4n) is 1.03. The zero-order valence-electron chi connectivity index (χ0n) is 13.6. The number of likely N-dealkylation sites (N-methyl/N-ethyl adjacent to an activating group) is 1. The predicted octanol–water partition coefficient (Wildman–Crippen LogP) is 0.00240. The highest BCUT2D eigenvalue weighted by Crippen LogP contribution is 1.87. The Morgan fingerprint density at radius 3 is 1.86 bits per heavy atom. The van der Waals surface area contributed by atoms with Crippen LogP contribution in [0, 0.1) is 0 Å². The van der Waals surface area contributed by atoms with E-state index in [9.17, 15) is 0 Å². The van der Waals surface area contributed by atoms with Crippen molar-refractivity contribution in [2.45, 2.75) is 13.8 Å². The van der Waals surface area contributed by atoms with E-state index in [0.717, 1.165) is 23.3 Å². The van der Waals surface area contributed by atoms with Gasteiger partial charge in [-0.2, -0.15) is 10.2 Å². The van der Waals surface area contributed by atoms with Crippen LogP contribution in [0.3, 0.4) is 0 Å². The Morgan fingerprint density at radius 2 is 1.43 bits per heavy atom. The number of thiocarbonyl (C=S) groups is 2. The van der Waals surface area contributed by atoms with Crippen molar-refractivity contribution >= 4 is 46.1 Å². The summed E-state index contributed by atoms with van der Waals surface area (Å²) in [7, 11) is 8.11. The van der Waals surface area contributed by atoms with E-state index >= 15 is 0 Å². The van der Waals surface area contributed by atoms with Crippen molar-refractivity contribution in [1.29, 1.82) is 0 Å². The topological polar surface area (TPSA) is 72.8 Å². The molecule has 4 N–H and O–H groups in total. The summed E-state index contributed by atoms with van der Waals surface area (Å²) in [4.78, 5) is 0. The minimum Gasteiger partial charge on any atom is -0.364 e. The Morgan fingerprint density at radius 1 is 0.952 bits per heavy atom. The van der Waals surface area contributed by atoms with Crippen LogP contribution in [0.2, 0.25) is 0 Å². The molecule has 0 spiro atoms. The molecule has 0 saturated carbocycles. The maximum absolute atomic E-state index is 5.15. The second-order valence-electron chi connectivity index (χ2n) is 5.47. The average Bonchev–Trinajstić information content (AvgIpc) is 2.40. The molecule has 0 rings (SSSR count). The predicted molar refractivity (Wildman–Crippen MR) is 97.6 cm³/mol. The number of rotatable bonds is 6. The molecule has 0 aromatic rings. The number of hydrogen-bond donors (Lipinski definition) is 4. The summed E-state index contributed by atoms with van der Waals surface area (Å²) in [5, 5.41) is 15.1. The van der Waals surface area contributed by atoms with Crippen LogP contribution < -0.4 is 21.5 Å². The fraction of sp³-hybridized carbons (Fsp3) is 0.667. The van der Waals surface area contributed by atoms with Gasteiger partial charge < -0.3 is 15.1 Å². The van der Waals surface area contributed by atoms with Gasteiger partial charge in [0.1, 0.15) is 0 Å². The first-order valence-electron chi connectivity index (χ1n) is 6.56. The maximum atomic E-state index is 5.15. The Bertz CT molecular complexity index is 424. The molecule has 0 atom stereocenters. The van der Waals surface area contributed by atoms with Crippen LogP contribution in [0.25, 0.3) is 0 Å². The zero-order chi connectivity index (χ0) is 16.5. The molecule has 0 saturated heterocycles. The van der Waals surface area contributed by atoms with Crippen molar-refractivity contribution in [1.82, 2.24) is 21.5 Å². The fourth-order valence-corrected chi connectivity index (χ4v) is 1.22. The van der Waals surface area contributed by atoms with Crippen LogP contribution in [-0.2, 0) is 0 Å². The van der Waals surface area contributed by atoms with Crippen LogP contribution in [0.15, 0.2) is 10.2 Å². The van der Waals surface area contributed by atoms with Crippen LogP contribution in [-0.4, -0.2) is 67.4 Å². The molecule has 0 bridgehead atoms. The largest absolute Gasteiger partial charge is 0.364 e. The first kappa shape index (κ1) is 19.7. The lowest BCUT2D eigenvalue weighted by atomic mass is 10.3. The smallest absolute Gasteiger partial charge is 0.187 e. The van der Waals surface area contributed by atoms with Crippen LogP contribution in [0.4, 0.5) is 0 Å². The van der Waals surface area contributed by atoms with E-state index in [1.54, 1.807) is 7.05 Å². The maximum Gasteiger partial charge on any atom is 0.187 e. The summed E-state index contributed by atoms with van der Waals surface area (Å²) >= 11 is 10.1. The van der Waals surface area contributed by atoms with Crippen molar-refractivity contribution in [2.24, 2.45) is 10.2 Å². The number of hydrogen-bond acceptors (Lipinski definition) is 4. The molecule has 0 aliphatic carbocycles. The van der Waals surface area contributed by atoms with Crippen LogP contribution in [0.1, 0.15) is 13.8 Å². The van der Waals surface area contributed by atoms with Gasteiger partial charge in [-0.3, -0.25) is 10.9 Å². The molecular formula is C12H26N7S2+. The van der Waals surface area contributed by atoms with E-state index in [1.807, 2.05) is 13.8 Å². The Labute approximate surface area is 137 Å². The van der Waals surface area contributed by atoms with Gasteiger partial charge in [-0.25, -0.2) is 0 Å². The molecule has 21 heavy (non-hydrogen) atoms. The summed E-state index contributed by atoms with van der Waals surface area (Å²) in [6.07, 6.45) is 0. The molecule has 0 unspecified atom stereocenters. The quantitative estimate of drug-likeness (QED) is 0.238. The Kier molecular flexibility index (Phi) is 8.98. The lowest BCUT2D eigenvalue weighted by Crippen LogP contribution is -2.43. The molecule has 0 aliphatic rings. The summed E-state index contributed by atoms with van der Waals surface area (Å²) in [5.74, 6) is 0. The third kappa shape index (κ3) is 11.1. The Hall–Kier alpha value is -1.32. The molecule has 0 aromatic carbocycles. The van der Waals surface area contributed by atoms with Crippen LogP contribution >= 0.6 is 24.4 Å². The van der Waals surface area contributed by atoms with Gasteiger partial charge in [0.15, 0.2) is 10.2 Å². The van der Waals surface area contributed by atoms with E-state index in [2.05, 4.69) is 52.8 Å². The van der Waals surface area contributed by atoms with Gasteiger partial charge in [0.05, 0.1) is 45.7 Å². The second-order valence-corrected chi connectivity index (χ2v) is 6.28. The minimum absolute atomic E-state index is 0.451. The van der Waals surface area contributed by atoms with Gasteiger partial charge >= 0.3 is 0 Å². The van der Waals surface area contributed by atoms with E-state index in [-0.39, 0.29) is 0 Å². The van der Waals surface area contributed by atoms with Gasteiger partial charge in [0.2, 0.25) is 0 Å². The molecule has 120 valence electrons. The second kappa shape index (κ2) is 9.59. The van der Waals surface area contributed by atoms with Gasteiger partial charge in [0.25, 0.3) is 0 Å². The number of quaternary nitrogens is 1. The third-order valence-electron chi connectivity index (χ3n) is 2.47. The number of nitrogens with zero attached hydrogens (tertiary/aromatic N) is 3. The monoisotopic (exact) mass is 332 g/mol. The normalized spacial score (nSPS) is 12.7. The summed E-state index contributed by atoms with van der Waals surface area (Å²) < 4.78 is 0.876. The lowest BCUT2D eigenvalue weighted by Gasteiger charge is -2.24. The Balaban J connectivity index is 4.21. The van der Waals surface area contributed by atoms with Crippen LogP contribution in [0.5, 0.6) is 0 Å². The van der Waals surface area contributed by atoms with E-state index in [1.165, 1.54) is 0 Å². The SMILES string of the molecule is CNC(=S)N/N=C(C)/C(C)=N\NC(=S)NCC[N+](C)(C)C. The first-order chi connectivity index (χ1) is 9.65. The van der Waals surface area contributed by atoms with E-state index < -0.39 is 0 Å². The number of nitrogens with one attached hydrogen (secondary N) is 4. The minimum atomic E-state index is 0.451. The summed E-state index contributed by atoms with van der Waals surface area (Å²) in [5.41, 5.74) is 6.93. The molecule has 0 amide bonds. The molecule has 0 aromatic heterocycles. The molecule has 0 fully saturated rings. The van der Waals surface area contributed by atoms with Crippen molar-refractivity contribution in [2.75, 3.05) is 41.3 Å². The molecule has 7 nitrogen and oxygen atoms in total. The van der Waals surface area contributed by atoms with Crippen molar-refractivity contribution < 1.29 is 4.48 Å².